The number of amides is 1. The largest absolute Gasteiger partial charge is 0.483 e. The summed E-state index contributed by atoms with van der Waals surface area (Å²) in [7, 11) is 0. The Kier molecular flexibility index (Phi) is 8.07. The molecule has 1 amide bonds. The molecular weight excluding hydrogens is 362 g/mol. The first-order chi connectivity index (χ1) is 12.7. The number of benzene rings is 1. The number of hydrogen-bond donors (Lipinski definition) is 1. The first kappa shape index (κ1) is 21.2. The molecule has 2 aromatic rings. The van der Waals surface area contributed by atoms with Gasteiger partial charge in [-0.05, 0) is 35.6 Å². The van der Waals surface area contributed by atoms with Gasteiger partial charge in [-0.3, -0.25) is 9.78 Å². The maximum absolute atomic E-state index is 12.9. The molecule has 0 aliphatic carbocycles. The molecule has 2 heterocycles. The van der Waals surface area contributed by atoms with Crippen molar-refractivity contribution in [1.82, 2.24) is 15.2 Å². The lowest BCUT2D eigenvalue weighted by Crippen LogP contribution is -2.50. The van der Waals surface area contributed by atoms with Crippen molar-refractivity contribution in [2.45, 2.75) is 32.2 Å². The van der Waals surface area contributed by atoms with Crippen LogP contribution < -0.4 is 10.1 Å². The van der Waals surface area contributed by atoms with Gasteiger partial charge in [0.1, 0.15) is 5.75 Å². The van der Waals surface area contributed by atoms with E-state index in [1.165, 1.54) is 0 Å². The van der Waals surface area contributed by atoms with Gasteiger partial charge in [0, 0.05) is 32.0 Å². The number of pyridine rings is 1. The van der Waals surface area contributed by atoms with Crippen LogP contribution in [0.15, 0.2) is 48.8 Å². The first-order valence-electron chi connectivity index (χ1n) is 9.32. The standard InChI is InChI=1S/C21H27N3O2.ClH/c1-3-16(2)18-8-4-5-9-20(18)26-15-21(25)24-12-11-23-14-19(24)17-7-6-10-22-13-17;/h4-10,13,16,19,23H,3,11-12,14-15H2,1-2H3;1H. The summed E-state index contributed by atoms with van der Waals surface area (Å²) in [4.78, 5) is 19.0. The van der Waals surface area contributed by atoms with Crippen LogP contribution >= 0.6 is 12.4 Å². The molecule has 1 N–H and O–H groups in total. The zero-order valence-corrected chi connectivity index (χ0v) is 16.7. The molecule has 1 fully saturated rings. The third-order valence-electron chi connectivity index (χ3n) is 5.05. The maximum Gasteiger partial charge on any atom is 0.261 e. The number of nitrogens with one attached hydrogen (secondary N) is 1. The average Bonchev–Trinajstić information content (AvgIpc) is 2.72. The molecule has 1 aromatic heterocycles. The van der Waals surface area contributed by atoms with Crippen molar-refractivity contribution in [1.29, 1.82) is 0 Å². The molecule has 5 nitrogen and oxygen atoms in total. The van der Waals surface area contributed by atoms with Crippen molar-refractivity contribution in [3.05, 3.63) is 59.9 Å². The van der Waals surface area contributed by atoms with Crippen molar-refractivity contribution < 1.29 is 9.53 Å². The van der Waals surface area contributed by atoms with E-state index in [0.29, 0.717) is 12.5 Å². The molecule has 0 spiro atoms. The lowest BCUT2D eigenvalue weighted by atomic mass is 9.98. The number of halogens is 1. The summed E-state index contributed by atoms with van der Waals surface area (Å²) in [5, 5.41) is 3.36. The summed E-state index contributed by atoms with van der Waals surface area (Å²) >= 11 is 0. The molecule has 2 unspecified atom stereocenters. The number of nitrogens with zero attached hydrogens (tertiary/aromatic N) is 2. The Labute approximate surface area is 167 Å². The van der Waals surface area contributed by atoms with Crippen LogP contribution in [-0.2, 0) is 4.79 Å². The molecule has 6 heteroatoms. The predicted octanol–water partition coefficient (Wildman–Crippen LogP) is 3.57. The van der Waals surface area contributed by atoms with Crippen LogP contribution in [0.1, 0.15) is 43.4 Å². The lowest BCUT2D eigenvalue weighted by Gasteiger charge is -2.36. The van der Waals surface area contributed by atoms with Crippen LogP contribution in [0, 0.1) is 0 Å². The molecule has 3 rings (SSSR count). The van der Waals surface area contributed by atoms with E-state index in [1.807, 2.05) is 41.4 Å². The van der Waals surface area contributed by atoms with Crippen LogP contribution in [0.3, 0.4) is 0 Å². The fourth-order valence-electron chi connectivity index (χ4n) is 3.34. The second-order valence-electron chi connectivity index (χ2n) is 6.73. The normalized spacial score (nSPS) is 17.7. The van der Waals surface area contributed by atoms with Gasteiger partial charge in [-0.25, -0.2) is 0 Å². The van der Waals surface area contributed by atoms with Gasteiger partial charge in [-0.15, -0.1) is 12.4 Å². The minimum atomic E-state index is -0.00152. The molecule has 0 saturated carbocycles. The summed E-state index contributed by atoms with van der Waals surface area (Å²) in [6.07, 6.45) is 4.62. The van der Waals surface area contributed by atoms with Gasteiger partial charge < -0.3 is 15.0 Å². The third kappa shape index (κ3) is 5.21. The van der Waals surface area contributed by atoms with Crippen molar-refractivity contribution in [3.63, 3.8) is 0 Å². The third-order valence-corrected chi connectivity index (χ3v) is 5.05. The Hall–Kier alpha value is -2.11. The smallest absolute Gasteiger partial charge is 0.261 e. The Bertz CT molecular complexity index is 726. The molecule has 1 aliphatic heterocycles. The Morgan fingerprint density at radius 3 is 2.89 bits per heavy atom. The van der Waals surface area contributed by atoms with Crippen LogP contribution in [-0.4, -0.2) is 42.0 Å². The summed E-state index contributed by atoms with van der Waals surface area (Å²) in [5.41, 5.74) is 2.21. The van der Waals surface area contributed by atoms with E-state index < -0.39 is 0 Å². The second kappa shape index (κ2) is 10.3. The predicted molar refractivity (Wildman–Crippen MR) is 109 cm³/mol. The number of piperazine rings is 1. The quantitative estimate of drug-likeness (QED) is 0.820. The highest BCUT2D eigenvalue weighted by atomic mass is 35.5. The van der Waals surface area contributed by atoms with Crippen LogP contribution in [0.4, 0.5) is 0 Å². The topological polar surface area (TPSA) is 54.5 Å². The summed E-state index contributed by atoms with van der Waals surface area (Å²) in [6, 6.07) is 11.9. The number of aromatic nitrogens is 1. The van der Waals surface area contributed by atoms with E-state index >= 15 is 0 Å². The van der Waals surface area contributed by atoms with E-state index in [1.54, 1.807) is 6.20 Å². The van der Waals surface area contributed by atoms with E-state index in [9.17, 15) is 4.79 Å². The highest BCUT2D eigenvalue weighted by molar-refractivity contribution is 5.85. The van der Waals surface area contributed by atoms with Crippen molar-refractivity contribution in [3.8, 4) is 5.75 Å². The van der Waals surface area contributed by atoms with Gasteiger partial charge in [0.05, 0.1) is 6.04 Å². The fourth-order valence-corrected chi connectivity index (χ4v) is 3.34. The van der Waals surface area contributed by atoms with Gasteiger partial charge in [0.15, 0.2) is 6.61 Å². The first-order valence-corrected chi connectivity index (χ1v) is 9.32. The van der Waals surface area contributed by atoms with Gasteiger partial charge in [-0.2, -0.15) is 0 Å². The Morgan fingerprint density at radius 1 is 1.33 bits per heavy atom. The van der Waals surface area contributed by atoms with Gasteiger partial charge in [0.25, 0.3) is 5.91 Å². The minimum absolute atomic E-state index is 0. The molecule has 146 valence electrons. The fraction of sp³-hybridized carbons (Fsp3) is 0.429. The number of hydrogen-bond acceptors (Lipinski definition) is 4. The maximum atomic E-state index is 12.9. The van der Waals surface area contributed by atoms with Gasteiger partial charge in [-0.1, -0.05) is 38.1 Å². The van der Waals surface area contributed by atoms with Gasteiger partial charge >= 0.3 is 0 Å². The summed E-state index contributed by atoms with van der Waals surface area (Å²) in [6.45, 7) is 6.61. The summed E-state index contributed by atoms with van der Waals surface area (Å²) in [5.74, 6) is 1.23. The van der Waals surface area contributed by atoms with Crippen LogP contribution in [0.2, 0.25) is 0 Å². The Morgan fingerprint density at radius 2 is 2.15 bits per heavy atom. The number of rotatable bonds is 6. The number of carbonyl (C=O) groups is 1. The lowest BCUT2D eigenvalue weighted by molar-refractivity contribution is -0.136. The molecule has 0 radical (unpaired) electrons. The van der Waals surface area contributed by atoms with Crippen LogP contribution in [0.5, 0.6) is 5.75 Å². The van der Waals surface area contributed by atoms with E-state index in [-0.39, 0.29) is 31.0 Å². The number of para-hydroxylation sites is 1. The second-order valence-corrected chi connectivity index (χ2v) is 6.73. The van der Waals surface area contributed by atoms with Crippen molar-refractivity contribution in [2.75, 3.05) is 26.2 Å². The molecule has 2 atom stereocenters. The van der Waals surface area contributed by atoms with E-state index in [2.05, 4.69) is 30.2 Å². The average molecular weight is 390 g/mol. The van der Waals surface area contributed by atoms with Crippen molar-refractivity contribution in [2.24, 2.45) is 0 Å². The zero-order valence-electron chi connectivity index (χ0n) is 15.9. The highest BCUT2D eigenvalue weighted by Crippen LogP contribution is 2.29. The van der Waals surface area contributed by atoms with E-state index in [0.717, 1.165) is 36.4 Å². The van der Waals surface area contributed by atoms with Crippen molar-refractivity contribution >= 4 is 18.3 Å². The minimum Gasteiger partial charge on any atom is -0.483 e. The highest BCUT2D eigenvalue weighted by Gasteiger charge is 2.28. The molecule has 1 saturated heterocycles. The summed E-state index contributed by atoms with van der Waals surface area (Å²) < 4.78 is 5.93. The monoisotopic (exact) mass is 389 g/mol. The molecule has 0 bridgehead atoms. The van der Waals surface area contributed by atoms with Crippen LogP contribution in [0.25, 0.3) is 0 Å². The molecular formula is C21H28ClN3O2. The zero-order chi connectivity index (χ0) is 18.4. The molecule has 1 aromatic carbocycles. The number of ether oxygens (including phenoxy) is 1. The van der Waals surface area contributed by atoms with E-state index in [4.69, 9.17) is 4.74 Å². The Balaban J connectivity index is 0.00000261. The SMILES string of the molecule is CCC(C)c1ccccc1OCC(=O)N1CCNCC1c1cccnc1.Cl. The van der Waals surface area contributed by atoms with Gasteiger partial charge in [0.2, 0.25) is 0 Å². The number of carbonyl (C=O) groups excluding carboxylic acids is 1. The molecule has 27 heavy (non-hydrogen) atoms. The molecule has 1 aliphatic rings.